The first-order valence-electron chi connectivity index (χ1n) is 9.27. The first-order chi connectivity index (χ1) is 11.7. The second kappa shape index (κ2) is 8.38. The first kappa shape index (κ1) is 17.1. The summed E-state index contributed by atoms with van der Waals surface area (Å²) in [6.07, 6.45) is 7.36. The molecule has 0 bridgehead atoms. The fraction of sp³-hybridized carbons (Fsp3) is 0.632. The molecule has 5 heteroatoms. The van der Waals surface area contributed by atoms with Gasteiger partial charge in [0.15, 0.2) is 0 Å². The molecule has 1 amide bonds. The van der Waals surface area contributed by atoms with Crippen LogP contribution in [0.2, 0.25) is 0 Å². The number of phenols is 1. The van der Waals surface area contributed by atoms with Crippen molar-refractivity contribution in [2.24, 2.45) is 0 Å². The van der Waals surface area contributed by atoms with Gasteiger partial charge < -0.3 is 15.3 Å². The fourth-order valence-electron chi connectivity index (χ4n) is 3.78. The second-order valence-electron chi connectivity index (χ2n) is 7.01. The number of phenolic OH excluding ortho intramolecular Hbond substituents is 1. The summed E-state index contributed by atoms with van der Waals surface area (Å²) in [6.45, 7) is 3.88. The molecule has 0 atom stereocenters. The molecule has 24 heavy (non-hydrogen) atoms. The van der Waals surface area contributed by atoms with E-state index in [0.29, 0.717) is 18.3 Å². The van der Waals surface area contributed by atoms with Crippen molar-refractivity contribution in [3.63, 3.8) is 0 Å². The number of piperazine rings is 1. The Hall–Kier alpha value is -1.75. The third kappa shape index (κ3) is 4.63. The lowest BCUT2D eigenvalue weighted by atomic mass is 10.1. The Labute approximate surface area is 144 Å². The van der Waals surface area contributed by atoms with E-state index < -0.39 is 0 Å². The molecule has 1 saturated heterocycles. The summed E-state index contributed by atoms with van der Waals surface area (Å²) in [7, 11) is 0. The van der Waals surface area contributed by atoms with Crippen molar-refractivity contribution < 1.29 is 9.90 Å². The Morgan fingerprint density at radius 1 is 1.04 bits per heavy atom. The average Bonchev–Trinajstić information content (AvgIpc) is 2.85. The number of nitrogens with one attached hydrogen (secondary N) is 1. The highest BCUT2D eigenvalue weighted by atomic mass is 16.3. The van der Waals surface area contributed by atoms with E-state index in [9.17, 15) is 9.90 Å². The minimum atomic E-state index is 0.165. The predicted octanol–water partition coefficient (Wildman–Crippen LogP) is 2.35. The van der Waals surface area contributed by atoms with Crippen molar-refractivity contribution in [3.8, 4) is 5.75 Å². The van der Waals surface area contributed by atoms with Crippen molar-refractivity contribution in [1.29, 1.82) is 0 Å². The smallest absolute Gasteiger partial charge is 0.234 e. The number of nitrogens with zero attached hydrogens (tertiary/aromatic N) is 2. The van der Waals surface area contributed by atoms with E-state index in [1.165, 1.54) is 25.7 Å². The van der Waals surface area contributed by atoms with E-state index in [-0.39, 0.29) is 5.91 Å². The molecule has 1 aliphatic carbocycles. The third-order valence-corrected chi connectivity index (χ3v) is 5.18. The fourth-order valence-corrected chi connectivity index (χ4v) is 3.78. The average molecular weight is 331 g/mol. The molecule has 2 aliphatic rings. The number of benzene rings is 1. The number of para-hydroxylation sites is 2. The maximum atomic E-state index is 12.3. The van der Waals surface area contributed by atoms with E-state index in [2.05, 4.69) is 15.1 Å². The van der Waals surface area contributed by atoms with Crippen LogP contribution < -0.4 is 10.2 Å². The van der Waals surface area contributed by atoms with Gasteiger partial charge in [0.05, 0.1) is 12.2 Å². The molecule has 3 rings (SSSR count). The number of hydrogen-bond donors (Lipinski definition) is 2. The quantitative estimate of drug-likeness (QED) is 0.832. The molecule has 2 fully saturated rings. The van der Waals surface area contributed by atoms with Gasteiger partial charge in [-0.15, -0.1) is 0 Å². The molecule has 0 unspecified atom stereocenters. The van der Waals surface area contributed by atoms with E-state index in [4.69, 9.17) is 0 Å². The van der Waals surface area contributed by atoms with Crippen molar-refractivity contribution in [1.82, 2.24) is 10.2 Å². The Balaban J connectivity index is 1.43. The third-order valence-electron chi connectivity index (χ3n) is 5.18. The lowest BCUT2D eigenvalue weighted by molar-refractivity contribution is -0.123. The van der Waals surface area contributed by atoms with Gasteiger partial charge in [0, 0.05) is 32.2 Å². The number of carbonyl (C=O) groups is 1. The molecule has 0 radical (unpaired) electrons. The van der Waals surface area contributed by atoms with Crippen molar-refractivity contribution >= 4 is 11.6 Å². The first-order valence-corrected chi connectivity index (χ1v) is 9.27. The highest BCUT2D eigenvalue weighted by molar-refractivity contribution is 5.78. The van der Waals surface area contributed by atoms with Crippen LogP contribution in [0.1, 0.15) is 38.5 Å². The topological polar surface area (TPSA) is 55.8 Å². The Kier molecular flexibility index (Phi) is 5.96. The number of anilines is 1. The standard InChI is InChI=1S/C19H29N3O2/c23-18-10-6-5-9-17(18)22-13-11-21(12-14-22)15-19(24)20-16-7-3-1-2-4-8-16/h5-6,9-10,16,23H,1-4,7-8,11-15H2,(H,20,24). The number of carbonyl (C=O) groups excluding carboxylic acids is 1. The molecular weight excluding hydrogens is 302 g/mol. The molecule has 1 aromatic rings. The number of aromatic hydroxyl groups is 1. The van der Waals surface area contributed by atoms with Crippen LogP contribution in [0.4, 0.5) is 5.69 Å². The highest BCUT2D eigenvalue weighted by Gasteiger charge is 2.22. The summed E-state index contributed by atoms with van der Waals surface area (Å²) < 4.78 is 0. The van der Waals surface area contributed by atoms with Crippen LogP contribution in [-0.4, -0.2) is 54.7 Å². The lowest BCUT2D eigenvalue weighted by Crippen LogP contribution is -2.50. The zero-order valence-electron chi connectivity index (χ0n) is 14.4. The van der Waals surface area contributed by atoms with Crippen LogP contribution in [-0.2, 0) is 4.79 Å². The molecule has 132 valence electrons. The zero-order chi connectivity index (χ0) is 16.8. The summed E-state index contributed by atoms with van der Waals surface area (Å²) in [4.78, 5) is 16.7. The van der Waals surface area contributed by atoms with Crippen molar-refractivity contribution in [2.75, 3.05) is 37.6 Å². The molecule has 1 aliphatic heterocycles. The number of hydrogen-bond acceptors (Lipinski definition) is 4. The Morgan fingerprint density at radius 3 is 2.38 bits per heavy atom. The van der Waals surface area contributed by atoms with Crippen LogP contribution in [0.15, 0.2) is 24.3 Å². The molecule has 1 saturated carbocycles. The second-order valence-corrected chi connectivity index (χ2v) is 7.01. The van der Waals surface area contributed by atoms with Gasteiger partial charge in [-0.25, -0.2) is 0 Å². The maximum absolute atomic E-state index is 12.3. The van der Waals surface area contributed by atoms with Gasteiger partial charge in [0.25, 0.3) is 0 Å². The van der Waals surface area contributed by atoms with Crippen LogP contribution in [0, 0.1) is 0 Å². The van der Waals surface area contributed by atoms with Crippen LogP contribution >= 0.6 is 0 Å². The molecule has 0 aromatic heterocycles. The molecule has 1 heterocycles. The minimum Gasteiger partial charge on any atom is -0.506 e. The summed E-state index contributed by atoms with van der Waals surface area (Å²) in [5.74, 6) is 0.495. The minimum absolute atomic E-state index is 0.165. The van der Waals surface area contributed by atoms with E-state index in [0.717, 1.165) is 44.7 Å². The van der Waals surface area contributed by atoms with Crippen LogP contribution in [0.25, 0.3) is 0 Å². The van der Waals surface area contributed by atoms with Gasteiger partial charge in [-0.1, -0.05) is 37.8 Å². The number of amides is 1. The molecule has 2 N–H and O–H groups in total. The van der Waals surface area contributed by atoms with Gasteiger partial charge >= 0.3 is 0 Å². The lowest BCUT2D eigenvalue weighted by Gasteiger charge is -2.36. The van der Waals surface area contributed by atoms with Gasteiger partial charge in [0.1, 0.15) is 5.75 Å². The van der Waals surface area contributed by atoms with Crippen LogP contribution in [0.3, 0.4) is 0 Å². The largest absolute Gasteiger partial charge is 0.506 e. The summed E-state index contributed by atoms with van der Waals surface area (Å²) >= 11 is 0. The SMILES string of the molecule is O=C(CN1CCN(c2ccccc2O)CC1)NC1CCCCCC1. The molecule has 1 aromatic carbocycles. The Bertz CT molecular complexity index is 533. The van der Waals surface area contributed by atoms with Gasteiger partial charge in [0.2, 0.25) is 5.91 Å². The normalized spacial score (nSPS) is 20.6. The molecule has 5 nitrogen and oxygen atoms in total. The van der Waals surface area contributed by atoms with Gasteiger partial charge in [-0.2, -0.15) is 0 Å². The summed E-state index contributed by atoms with van der Waals surface area (Å²) in [6, 6.07) is 7.84. The number of rotatable bonds is 4. The van der Waals surface area contributed by atoms with E-state index in [1.54, 1.807) is 6.07 Å². The summed E-state index contributed by atoms with van der Waals surface area (Å²) in [5.41, 5.74) is 0.889. The zero-order valence-corrected chi connectivity index (χ0v) is 14.4. The van der Waals surface area contributed by atoms with Crippen LogP contribution in [0.5, 0.6) is 5.75 Å². The van der Waals surface area contributed by atoms with E-state index in [1.807, 2.05) is 18.2 Å². The monoisotopic (exact) mass is 331 g/mol. The Morgan fingerprint density at radius 2 is 1.71 bits per heavy atom. The van der Waals surface area contributed by atoms with Gasteiger partial charge in [-0.3, -0.25) is 9.69 Å². The highest BCUT2D eigenvalue weighted by Crippen LogP contribution is 2.27. The molecular formula is C19H29N3O2. The maximum Gasteiger partial charge on any atom is 0.234 e. The van der Waals surface area contributed by atoms with Crippen molar-refractivity contribution in [3.05, 3.63) is 24.3 Å². The molecule has 0 spiro atoms. The van der Waals surface area contributed by atoms with Crippen molar-refractivity contribution in [2.45, 2.75) is 44.6 Å². The van der Waals surface area contributed by atoms with Gasteiger partial charge in [-0.05, 0) is 25.0 Å². The predicted molar refractivity (Wildman–Crippen MR) is 96.4 cm³/mol. The summed E-state index contributed by atoms with van der Waals surface area (Å²) in [5, 5.41) is 13.2. The van der Waals surface area contributed by atoms with E-state index >= 15 is 0 Å².